The lowest BCUT2D eigenvalue weighted by atomic mass is 9.97. The van der Waals surface area contributed by atoms with Crippen LogP contribution in [0.25, 0.3) is 0 Å². The Labute approximate surface area is 61.1 Å². The summed E-state index contributed by atoms with van der Waals surface area (Å²) in [5.74, 6) is 0.177. The van der Waals surface area contributed by atoms with E-state index < -0.39 is 0 Å². The molecule has 0 amide bonds. The van der Waals surface area contributed by atoms with Gasteiger partial charge in [0.05, 0.1) is 12.7 Å². The van der Waals surface area contributed by atoms with Crippen LogP contribution in [-0.4, -0.2) is 25.0 Å². The molecule has 1 saturated heterocycles. The van der Waals surface area contributed by atoms with Gasteiger partial charge in [-0.1, -0.05) is 0 Å². The Balaban J connectivity index is 2.43. The highest BCUT2D eigenvalue weighted by molar-refractivity contribution is 5.85. The molecule has 0 aliphatic carbocycles. The third-order valence-electron chi connectivity index (χ3n) is 1.87. The summed E-state index contributed by atoms with van der Waals surface area (Å²) in [6.45, 7) is 3.17. The van der Waals surface area contributed by atoms with Crippen LogP contribution < -0.4 is 5.73 Å². The molecule has 1 fully saturated rings. The van der Waals surface area contributed by atoms with E-state index in [1.54, 1.807) is 0 Å². The topological polar surface area (TPSA) is 59.1 Å². The molecular weight excluding hydrogens is 128 g/mol. The highest BCUT2D eigenvalue weighted by Crippen LogP contribution is 2.13. The molecule has 0 aromatic heterocycles. The van der Waals surface area contributed by atoms with Crippen molar-refractivity contribution in [1.29, 1.82) is 5.41 Å². The number of hydrogen-bond acceptors (Lipinski definition) is 3. The molecule has 0 saturated carbocycles. The maximum Gasteiger partial charge on any atom is 0.0599 e. The van der Waals surface area contributed by atoms with Gasteiger partial charge in [-0.15, -0.1) is 0 Å². The summed E-state index contributed by atoms with van der Waals surface area (Å²) < 4.78 is 5.33. The van der Waals surface area contributed by atoms with Gasteiger partial charge in [0.15, 0.2) is 0 Å². The number of nitrogens with one attached hydrogen (secondary N) is 1. The second kappa shape index (κ2) is 3.12. The third kappa shape index (κ3) is 1.55. The van der Waals surface area contributed by atoms with Crippen molar-refractivity contribution in [3.8, 4) is 0 Å². The van der Waals surface area contributed by atoms with Gasteiger partial charge < -0.3 is 15.9 Å². The molecule has 2 atom stereocenters. The third-order valence-corrected chi connectivity index (χ3v) is 1.87. The molecule has 0 aromatic rings. The second-order valence-corrected chi connectivity index (χ2v) is 2.81. The molecule has 58 valence electrons. The van der Waals surface area contributed by atoms with Gasteiger partial charge in [-0.3, -0.25) is 0 Å². The zero-order valence-corrected chi connectivity index (χ0v) is 6.26. The lowest BCUT2D eigenvalue weighted by Gasteiger charge is -2.26. The minimum Gasteiger partial charge on any atom is -0.377 e. The highest BCUT2D eigenvalue weighted by atomic mass is 16.5. The minimum absolute atomic E-state index is 0.177. The largest absolute Gasteiger partial charge is 0.377 e. The van der Waals surface area contributed by atoms with Crippen LogP contribution in [0, 0.1) is 11.3 Å². The Bertz CT molecular complexity index is 136. The lowest BCUT2D eigenvalue weighted by molar-refractivity contribution is 0.0418. The molecular formula is C7H14N2O. The number of rotatable bonds is 1. The quantitative estimate of drug-likeness (QED) is 0.556. The molecule has 0 aromatic carbocycles. The predicted octanol–water partition coefficient (Wildman–Crippen LogP) is 0.390. The monoisotopic (exact) mass is 142 g/mol. The van der Waals surface area contributed by atoms with Gasteiger partial charge in [0, 0.05) is 24.6 Å². The second-order valence-electron chi connectivity index (χ2n) is 2.81. The van der Waals surface area contributed by atoms with E-state index in [-0.39, 0.29) is 12.0 Å². The molecule has 3 nitrogen and oxygen atoms in total. The van der Waals surface area contributed by atoms with Gasteiger partial charge >= 0.3 is 0 Å². The zero-order chi connectivity index (χ0) is 7.56. The van der Waals surface area contributed by atoms with Crippen LogP contribution in [-0.2, 0) is 4.74 Å². The van der Waals surface area contributed by atoms with Crippen molar-refractivity contribution in [2.24, 2.45) is 11.7 Å². The first kappa shape index (κ1) is 7.69. The molecule has 1 aliphatic heterocycles. The van der Waals surface area contributed by atoms with E-state index in [4.69, 9.17) is 15.9 Å². The summed E-state index contributed by atoms with van der Waals surface area (Å²) in [5.41, 5.74) is 6.17. The summed E-state index contributed by atoms with van der Waals surface area (Å²) >= 11 is 0. The summed E-state index contributed by atoms with van der Waals surface area (Å²) in [5, 5.41) is 7.52. The maximum absolute atomic E-state index is 7.52. The Hall–Kier alpha value is -0.410. The van der Waals surface area contributed by atoms with Gasteiger partial charge in [-0.05, 0) is 6.92 Å². The van der Waals surface area contributed by atoms with Crippen LogP contribution in [0.3, 0.4) is 0 Å². The van der Waals surface area contributed by atoms with Crippen LogP contribution in [0.1, 0.15) is 13.3 Å². The first-order chi connectivity index (χ1) is 4.74. The molecule has 3 N–H and O–H groups in total. The van der Waals surface area contributed by atoms with Crippen LogP contribution in [0.15, 0.2) is 0 Å². The zero-order valence-electron chi connectivity index (χ0n) is 6.26. The fourth-order valence-corrected chi connectivity index (χ4v) is 1.13. The molecule has 1 aliphatic rings. The van der Waals surface area contributed by atoms with Crippen molar-refractivity contribution in [2.45, 2.75) is 19.4 Å². The molecule has 10 heavy (non-hydrogen) atoms. The van der Waals surface area contributed by atoms with Gasteiger partial charge in [0.2, 0.25) is 0 Å². The van der Waals surface area contributed by atoms with Gasteiger partial charge in [-0.25, -0.2) is 0 Å². The summed E-state index contributed by atoms with van der Waals surface area (Å²) in [6, 6.07) is 0. The van der Waals surface area contributed by atoms with Crippen LogP contribution in [0.2, 0.25) is 0 Å². The number of nitrogens with two attached hydrogens (primary N) is 1. The molecule has 1 rings (SSSR count). The summed E-state index contributed by atoms with van der Waals surface area (Å²) in [6.07, 6.45) is 0.970. The van der Waals surface area contributed by atoms with Gasteiger partial charge in [0.1, 0.15) is 0 Å². The first-order valence-electron chi connectivity index (χ1n) is 3.63. The number of hydrogen-bond donors (Lipinski definition) is 2. The molecule has 1 heterocycles. The van der Waals surface area contributed by atoms with Crippen LogP contribution in [0.4, 0.5) is 0 Å². The predicted molar refractivity (Wildman–Crippen MR) is 40.3 cm³/mol. The van der Waals surface area contributed by atoms with Crippen LogP contribution in [0.5, 0.6) is 0 Å². The van der Waals surface area contributed by atoms with Crippen molar-refractivity contribution in [2.75, 3.05) is 13.2 Å². The summed E-state index contributed by atoms with van der Waals surface area (Å²) in [7, 11) is 0. The van der Waals surface area contributed by atoms with Crippen molar-refractivity contribution >= 4 is 5.71 Å². The first-order valence-corrected chi connectivity index (χ1v) is 3.63. The van der Waals surface area contributed by atoms with Crippen molar-refractivity contribution in [3.63, 3.8) is 0 Å². The molecule has 0 spiro atoms. The van der Waals surface area contributed by atoms with Gasteiger partial charge in [-0.2, -0.15) is 0 Å². The SMILES string of the molecule is CC1CC(=N)C(CN)CO1. The maximum atomic E-state index is 7.52. The van der Waals surface area contributed by atoms with Crippen LogP contribution >= 0.6 is 0 Å². The average molecular weight is 142 g/mol. The Kier molecular flexibility index (Phi) is 2.40. The standard InChI is InChI=1S/C7H14N2O/c1-5-2-7(9)6(3-8)4-10-5/h5-6,9H,2-4,8H2,1H3. The van der Waals surface area contributed by atoms with Crippen molar-refractivity contribution in [3.05, 3.63) is 0 Å². The Morgan fingerprint density at radius 3 is 3.00 bits per heavy atom. The fraction of sp³-hybridized carbons (Fsp3) is 0.857. The van der Waals surface area contributed by atoms with E-state index in [2.05, 4.69) is 0 Å². The van der Waals surface area contributed by atoms with Crippen molar-refractivity contribution < 1.29 is 4.74 Å². The summed E-state index contributed by atoms with van der Waals surface area (Å²) in [4.78, 5) is 0. The van der Waals surface area contributed by atoms with E-state index in [0.29, 0.717) is 13.2 Å². The van der Waals surface area contributed by atoms with E-state index in [9.17, 15) is 0 Å². The lowest BCUT2D eigenvalue weighted by Crippen LogP contribution is -2.36. The normalized spacial score (nSPS) is 34.4. The minimum atomic E-state index is 0.177. The Morgan fingerprint density at radius 1 is 1.80 bits per heavy atom. The van der Waals surface area contributed by atoms with E-state index in [1.165, 1.54) is 0 Å². The Morgan fingerprint density at radius 2 is 2.50 bits per heavy atom. The molecule has 0 bridgehead atoms. The van der Waals surface area contributed by atoms with E-state index >= 15 is 0 Å². The highest BCUT2D eigenvalue weighted by Gasteiger charge is 2.22. The van der Waals surface area contributed by atoms with Gasteiger partial charge in [0.25, 0.3) is 0 Å². The van der Waals surface area contributed by atoms with E-state index in [1.807, 2.05) is 6.92 Å². The molecule has 3 heteroatoms. The average Bonchev–Trinajstić information content (AvgIpc) is 1.88. The molecule has 2 unspecified atom stereocenters. The number of ether oxygens (including phenoxy) is 1. The van der Waals surface area contributed by atoms with E-state index in [0.717, 1.165) is 12.1 Å². The fourth-order valence-electron chi connectivity index (χ4n) is 1.13. The van der Waals surface area contributed by atoms with Crippen molar-refractivity contribution in [1.82, 2.24) is 0 Å². The molecule has 0 radical (unpaired) electrons. The smallest absolute Gasteiger partial charge is 0.0599 e.